The third-order valence-electron chi connectivity index (χ3n) is 12.0. The highest BCUT2D eigenvalue weighted by atomic mass is 32.1. The van der Waals surface area contributed by atoms with Crippen molar-refractivity contribution in [3.63, 3.8) is 0 Å². The zero-order valence-electron chi connectivity index (χ0n) is 36.8. The fourth-order valence-electron chi connectivity index (χ4n) is 8.73. The summed E-state index contributed by atoms with van der Waals surface area (Å²) in [7, 11) is 0. The van der Waals surface area contributed by atoms with Crippen LogP contribution < -0.4 is 26.2 Å². The molecule has 65 heavy (non-hydrogen) atoms. The van der Waals surface area contributed by atoms with Crippen LogP contribution in [0.3, 0.4) is 0 Å². The third-order valence-corrected chi connectivity index (χ3v) is 13.0. The number of nitrogens with one attached hydrogen (secondary N) is 2. The van der Waals surface area contributed by atoms with Gasteiger partial charge in [0, 0.05) is 62.6 Å². The van der Waals surface area contributed by atoms with Gasteiger partial charge in [-0.3, -0.25) is 14.4 Å². The number of rotatable bonds is 12. The summed E-state index contributed by atoms with van der Waals surface area (Å²) >= 11 is 1.57. The topological polar surface area (TPSA) is 225 Å². The van der Waals surface area contributed by atoms with E-state index in [9.17, 15) is 24.6 Å². The number of piperazine rings is 1. The zero-order chi connectivity index (χ0) is 45.8. The number of aliphatic hydroxyl groups excluding tert-OH is 1. The van der Waals surface area contributed by atoms with E-state index in [2.05, 4.69) is 57.4 Å². The molecule has 5 aromatic rings. The van der Waals surface area contributed by atoms with Gasteiger partial charge in [-0.2, -0.15) is 0 Å². The molecule has 3 amide bonds. The summed E-state index contributed by atoms with van der Waals surface area (Å²) in [4.78, 5) is 61.1. The number of phenols is 1. The summed E-state index contributed by atoms with van der Waals surface area (Å²) in [5, 5.41) is 35.1. The highest BCUT2D eigenvalue weighted by Crippen LogP contribution is 2.38. The Morgan fingerprint density at radius 2 is 1.72 bits per heavy atom. The van der Waals surface area contributed by atoms with Crippen LogP contribution in [0.4, 0.5) is 17.5 Å². The molecule has 3 fully saturated rings. The van der Waals surface area contributed by atoms with Crippen molar-refractivity contribution in [3.05, 3.63) is 89.3 Å². The van der Waals surface area contributed by atoms with E-state index in [1.54, 1.807) is 41.9 Å². The van der Waals surface area contributed by atoms with Crippen molar-refractivity contribution in [3.8, 4) is 39.3 Å². The van der Waals surface area contributed by atoms with E-state index in [-0.39, 0.29) is 56.5 Å². The number of aromatic hydroxyl groups is 1. The molecule has 3 aliphatic heterocycles. The molecule has 17 nitrogen and oxygen atoms in total. The van der Waals surface area contributed by atoms with E-state index >= 15 is 0 Å². The smallest absolute Gasteiger partial charge is 0.246 e. The van der Waals surface area contributed by atoms with Gasteiger partial charge in [0.2, 0.25) is 23.7 Å². The first-order valence-corrected chi connectivity index (χ1v) is 22.5. The molecule has 3 aromatic heterocycles. The van der Waals surface area contributed by atoms with Gasteiger partial charge in [-0.25, -0.2) is 15.0 Å². The Labute approximate surface area is 381 Å². The average Bonchev–Trinajstić information content (AvgIpc) is 3.98. The Morgan fingerprint density at radius 3 is 2.40 bits per heavy atom. The molecule has 6 heterocycles. The summed E-state index contributed by atoms with van der Waals surface area (Å²) in [6.45, 7) is 8.65. The van der Waals surface area contributed by atoms with Gasteiger partial charge in [0.05, 0.1) is 39.1 Å². The van der Waals surface area contributed by atoms with Crippen LogP contribution in [-0.4, -0.2) is 121 Å². The fourth-order valence-corrected chi connectivity index (χ4v) is 9.54. The minimum absolute atomic E-state index is 0.0275. The largest absolute Gasteiger partial charge is 0.507 e. The Morgan fingerprint density at radius 1 is 1.00 bits per heavy atom. The van der Waals surface area contributed by atoms with Crippen molar-refractivity contribution in [2.75, 3.05) is 48.4 Å². The number of amides is 3. The maximum Gasteiger partial charge on any atom is 0.246 e. The summed E-state index contributed by atoms with van der Waals surface area (Å²) < 4.78 is 5.57. The Balaban J connectivity index is 0.811. The van der Waals surface area contributed by atoms with Gasteiger partial charge in [-0.05, 0) is 54.5 Å². The van der Waals surface area contributed by atoms with Gasteiger partial charge in [-0.1, -0.05) is 69.0 Å². The normalized spacial score (nSPS) is 19.7. The number of phenolic OH excluding ortho intramolecular Hbond substituents is 1. The van der Waals surface area contributed by atoms with Crippen molar-refractivity contribution in [2.24, 2.45) is 5.41 Å². The molecule has 3 aliphatic rings. The van der Waals surface area contributed by atoms with Crippen LogP contribution in [0.5, 0.6) is 5.75 Å². The number of likely N-dealkylation sites (tertiary alicyclic amines) is 1. The van der Waals surface area contributed by atoms with Crippen LogP contribution >= 0.6 is 11.3 Å². The highest BCUT2D eigenvalue weighted by molar-refractivity contribution is 7.13. The fraction of sp³-hybridized carbons (Fsp3) is 0.404. The minimum atomic E-state index is -0.990. The second-order valence-corrected chi connectivity index (χ2v) is 18.6. The van der Waals surface area contributed by atoms with E-state index < -0.39 is 35.4 Å². The number of fused-ring (bicyclic) bond motifs is 2. The number of nitrogens with zero attached hydrogens (tertiary/aromatic N) is 8. The van der Waals surface area contributed by atoms with Crippen molar-refractivity contribution in [1.82, 2.24) is 40.7 Å². The van der Waals surface area contributed by atoms with E-state index in [1.165, 1.54) is 4.90 Å². The van der Waals surface area contributed by atoms with Crippen LogP contribution in [0.2, 0.25) is 0 Å². The van der Waals surface area contributed by atoms with Gasteiger partial charge >= 0.3 is 0 Å². The first-order chi connectivity index (χ1) is 31.2. The van der Waals surface area contributed by atoms with E-state index in [1.807, 2.05) is 69.6 Å². The van der Waals surface area contributed by atoms with Crippen molar-refractivity contribution < 1.29 is 29.3 Å². The lowest BCUT2D eigenvalue weighted by atomic mass is 9.85. The van der Waals surface area contributed by atoms with Gasteiger partial charge in [-0.15, -0.1) is 21.5 Å². The second-order valence-electron chi connectivity index (χ2n) is 17.7. The summed E-state index contributed by atoms with van der Waals surface area (Å²) in [5.74, 6) is 5.61. The predicted molar refractivity (Wildman–Crippen MR) is 246 cm³/mol. The molecule has 2 unspecified atom stereocenters. The van der Waals surface area contributed by atoms with Crippen LogP contribution in [0, 0.1) is 24.2 Å². The number of nitrogen functional groups attached to an aromatic ring is 1. The van der Waals surface area contributed by atoms with Gasteiger partial charge in [0.25, 0.3) is 0 Å². The number of hydrogen-bond donors (Lipinski definition) is 5. The van der Waals surface area contributed by atoms with Crippen LogP contribution in [0.25, 0.3) is 21.7 Å². The standard InChI is InChI=1S/C47H53N11O6S/c1-28-41(65-27-52-28)31-13-11-29(12-14-31)20-49-44(62)38-18-34(59)25-57(38)45(63)42(47(2,3)4)53-40(61)26-64-17-7-8-30-21-50-46(51-22-30)58-32-15-16-33(58)24-56(23-32)37-19-36(54-55-43(37)48)35-9-5-6-10-39(35)60/h5-6,9-14,19,21-22,27,32-34,38,42,59-60H,15-18,20,23-26H2,1-4H3,(H2,48,55)(H,49,62)(H,53,61)/t32?,33?,34-,38+,42-/m1/s1. The maximum absolute atomic E-state index is 14.0. The molecule has 0 saturated carbocycles. The lowest BCUT2D eigenvalue weighted by Gasteiger charge is -2.42. The summed E-state index contributed by atoms with van der Waals surface area (Å²) in [6, 6.07) is 15.2. The monoisotopic (exact) mass is 899 g/mol. The molecule has 18 heteroatoms. The van der Waals surface area contributed by atoms with E-state index in [0.717, 1.165) is 40.2 Å². The molecule has 8 rings (SSSR count). The van der Waals surface area contributed by atoms with Crippen molar-refractivity contribution in [1.29, 1.82) is 0 Å². The number of para-hydroxylation sites is 1. The lowest BCUT2D eigenvalue weighted by molar-refractivity contribution is -0.144. The Bertz CT molecular complexity index is 2580. The molecular formula is C47H53N11O6S. The number of nitrogens with two attached hydrogens (primary N) is 1. The third kappa shape index (κ3) is 10.2. The molecule has 2 aromatic carbocycles. The molecular weight excluding hydrogens is 847 g/mol. The number of hydrogen-bond acceptors (Lipinski definition) is 15. The summed E-state index contributed by atoms with van der Waals surface area (Å²) in [6.07, 6.45) is 4.48. The molecule has 5 atom stereocenters. The first kappa shape index (κ1) is 44.9. The average molecular weight is 900 g/mol. The second kappa shape index (κ2) is 19.2. The number of β-amino-alcohol motifs (C(OH)–C–C–N with tert-alkyl or cyclic N) is 1. The number of thiazole rings is 1. The summed E-state index contributed by atoms with van der Waals surface area (Å²) in [5.41, 5.74) is 12.8. The van der Waals surface area contributed by atoms with Crippen molar-refractivity contribution in [2.45, 2.75) is 83.8 Å². The quantitative estimate of drug-likeness (QED) is 0.0890. The highest BCUT2D eigenvalue weighted by Gasteiger charge is 2.45. The number of aromatic nitrogens is 5. The molecule has 0 radical (unpaired) electrons. The number of aryl methyl sites for hydroxylation is 1. The molecule has 0 spiro atoms. The molecule has 0 aliphatic carbocycles. The van der Waals surface area contributed by atoms with Gasteiger partial charge < -0.3 is 46.0 Å². The predicted octanol–water partition coefficient (Wildman–Crippen LogP) is 3.69. The Hall–Kier alpha value is -6.68. The number of ether oxygens (including phenoxy) is 1. The maximum atomic E-state index is 14.0. The number of carbonyl (C=O) groups is 3. The molecule has 3 saturated heterocycles. The number of benzene rings is 2. The Kier molecular flexibility index (Phi) is 13.3. The molecule has 2 bridgehead atoms. The van der Waals surface area contributed by atoms with E-state index in [0.29, 0.717) is 41.7 Å². The van der Waals surface area contributed by atoms with Crippen LogP contribution in [0.1, 0.15) is 56.9 Å². The first-order valence-electron chi connectivity index (χ1n) is 21.6. The zero-order valence-corrected chi connectivity index (χ0v) is 37.6. The van der Waals surface area contributed by atoms with Crippen LogP contribution in [-0.2, 0) is 25.7 Å². The van der Waals surface area contributed by atoms with Gasteiger partial charge in [0.15, 0.2) is 5.82 Å². The van der Waals surface area contributed by atoms with Gasteiger partial charge in [0.1, 0.15) is 31.0 Å². The van der Waals surface area contributed by atoms with Crippen LogP contribution in [0.15, 0.2) is 72.5 Å². The number of aliphatic hydroxyl groups is 1. The lowest BCUT2D eigenvalue weighted by Crippen LogP contribution is -2.58. The van der Waals surface area contributed by atoms with E-state index in [4.69, 9.17) is 10.5 Å². The molecule has 6 N–H and O–H groups in total. The molecule has 338 valence electrons. The number of carbonyl (C=O) groups excluding carboxylic acids is 3. The number of anilines is 3. The SMILES string of the molecule is Cc1ncsc1-c1ccc(CNC(=O)[C@@H]2C[C@@H](O)CN2C(=O)[C@@H](NC(=O)COCC#Cc2cnc(N3C4CCC3CN(c3cc(-c5ccccc5O)nnc3N)C4)nc2)C(C)(C)C)cc1. The van der Waals surface area contributed by atoms with Crippen molar-refractivity contribution >= 4 is 46.5 Å². The minimum Gasteiger partial charge on any atom is -0.507 e.